The van der Waals surface area contributed by atoms with Crippen LogP contribution in [0.1, 0.15) is 18.4 Å². The Morgan fingerprint density at radius 3 is 2.66 bits per heavy atom. The van der Waals surface area contributed by atoms with E-state index in [1.54, 1.807) is 25.3 Å². The number of hydrogen-bond donors (Lipinski definition) is 2. The fourth-order valence-corrected chi connectivity index (χ4v) is 4.47. The number of thiocarbonyl (C=S) groups is 1. The number of methoxy groups -OCH3 is 2. The number of carbonyl (C=O) groups is 2. The predicted molar refractivity (Wildman–Crippen MR) is 135 cm³/mol. The van der Waals surface area contributed by atoms with Crippen molar-refractivity contribution in [2.24, 2.45) is 4.99 Å². The number of aromatic nitrogens is 2. The van der Waals surface area contributed by atoms with E-state index in [0.29, 0.717) is 36.2 Å². The molecule has 2 unspecified atom stereocenters. The van der Waals surface area contributed by atoms with Gasteiger partial charge in [-0.3, -0.25) is 14.9 Å². The average Bonchev–Trinajstić information content (AvgIpc) is 3.24. The summed E-state index contributed by atoms with van der Waals surface area (Å²) in [5.41, 5.74) is 0.0429. The van der Waals surface area contributed by atoms with E-state index in [1.807, 2.05) is 35.2 Å². The molecule has 2 aromatic rings. The van der Waals surface area contributed by atoms with Gasteiger partial charge < -0.3 is 19.7 Å². The highest BCUT2D eigenvalue weighted by atomic mass is 32.1. The van der Waals surface area contributed by atoms with Crippen molar-refractivity contribution < 1.29 is 19.1 Å². The molecule has 3 heterocycles. The molecule has 35 heavy (non-hydrogen) atoms. The maximum atomic E-state index is 13.1. The van der Waals surface area contributed by atoms with Crippen LogP contribution in [0.5, 0.6) is 11.6 Å². The predicted octanol–water partition coefficient (Wildman–Crippen LogP) is 1.92. The molecule has 182 valence electrons. The van der Waals surface area contributed by atoms with Gasteiger partial charge in [-0.2, -0.15) is 0 Å². The number of dihydropyridines is 1. The van der Waals surface area contributed by atoms with Gasteiger partial charge in [0.25, 0.3) is 5.91 Å². The number of aryl methyl sites for hydroxylation is 1. The van der Waals surface area contributed by atoms with Crippen molar-refractivity contribution >= 4 is 41.1 Å². The van der Waals surface area contributed by atoms with Crippen LogP contribution in [0.15, 0.2) is 53.5 Å². The van der Waals surface area contributed by atoms with Crippen LogP contribution in [0.25, 0.3) is 0 Å². The highest BCUT2D eigenvalue weighted by molar-refractivity contribution is 7.80. The van der Waals surface area contributed by atoms with Gasteiger partial charge in [0.15, 0.2) is 5.82 Å². The highest BCUT2D eigenvalue weighted by Crippen LogP contribution is 2.31. The van der Waals surface area contributed by atoms with Crippen LogP contribution in [0, 0.1) is 0 Å². The average molecular weight is 495 g/mol. The van der Waals surface area contributed by atoms with E-state index in [0.717, 1.165) is 11.3 Å². The molecule has 2 atom stereocenters. The molecule has 2 aliphatic heterocycles. The number of aliphatic imine (C=N–C) groups is 1. The molecule has 1 aromatic carbocycles. The number of anilines is 1. The largest absolute Gasteiger partial charge is 0.497 e. The number of carbonyl (C=O) groups excluding carboxylic acids is 2. The molecule has 0 spiro atoms. The van der Waals surface area contributed by atoms with Gasteiger partial charge >= 0.3 is 0 Å². The van der Waals surface area contributed by atoms with E-state index < -0.39 is 11.6 Å². The van der Waals surface area contributed by atoms with E-state index in [4.69, 9.17) is 21.7 Å². The van der Waals surface area contributed by atoms with E-state index >= 15 is 0 Å². The Bertz CT molecular complexity index is 1150. The topological polar surface area (TPSA) is 118 Å². The zero-order chi connectivity index (χ0) is 24.8. The lowest BCUT2D eigenvalue weighted by Gasteiger charge is -2.39. The summed E-state index contributed by atoms with van der Waals surface area (Å²) in [5, 5.41) is 13.7. The Balaban J connectivity index is 1.44. The quantitative estimate of drug-likeness (QED) is 0.504. The number of hydrogen-bond acceptors (Lipinski definition) is 8. The Morgan fingerprint density at radius 2 is 2.00 bits per heavy atom. The second kappa shape index (κ2) is 10.7. The first-order chi connectivity index (χ1) is 16.9. The number of rotatable bonds is 9. The van der Waals surface area contributed by atoms with Crippen molar-refractivity contribution in [3.63, 3.8) is 0 Å². The number of allylic oxidation sites excluding steroid dienone is 1. The van der Waals surface area contributed by atoms with Crippen LogP contribution in [0.4, 0.5) is 5.82 Å². The molecule has 2 amide bonds. The molecule has 11 heteroatoms. The SMILES string of the molecule is COc1ccc(CCC2(N3CNC(CC(=O)Nc4ccc(OC)nn4)C3=S)C=CC=NC2=O)cc1. The lowest BCUT2D eigenvalue weighted by molar-refractivity contribution is -0.125. The number of ether oxygens (including phenoxy) is 2. The first-order valence-electron chi connectivity index (χ1n) is 11.1. The van der Waals surface area contributed by atoms with Gasteiger partial charge in [-0.25, -0.2) is 4.99 Å². The summed E-state index contributed by atoms with van der Waals surface area (Å²) in [7, 11) is 3.11. The van der Waals surface area contributed by atoms with Gasteiger partial charge in [0, 0.05) is 18.7 Å². The molecule has 0 aliphatic carbocycles. The maximum Gasteiger partial charge on any atom is 0.275 e. The van der Waals surface area contributed by atoms with E-state index in [1.165, 1.54) is 13.3 Å². The lowest BCUT2D eigenvalue weighted by Crippen LogP contribution is -2.55. The van der Waals surface area contributed by atoms with Gasteiger partial charge in [0.1, 0.15) is 11.3 Å². The van der Waals surface area contributed by atoms with E-state index in [2.05, 4.69) is 25.8 Å². The molecule has 10 nitrogen and oxygen atoms in total. The molecule has 1 fully saturated rings. The molecule has 1 saturated heterocycles. The van der Waals surface area contributed by atoms with Gasteiger partial charge in [-0.05, 0) is 48.8 Å². The third-order valence-corrected chi connectivity index (χ3v) is 6.53. The Labute approximate surface area is 208 Å². The van der Waals surface area contributed by atoms with Crippen LogP contribution < -0.4 is 20.1 Å². The molecule has 0 saturated carbocycles. The van der Waals surface area contributed by atoms with Crippen LogP contribution in [-0.2, 0) is 16.0 Å². The van der Waals surface area contributed by atoms with Gasteiger partial charge in [-0.15, -0.1) is 10.2 Å². The fraction of sp³-hybridized carbons (Fsp3) is 0.333. The highest BCUT2D eigenvalue weighted by Gasteiger charge is 2.47. The molecule has 0 bridgehead atoms. The van der Waals surface area contributed by atoms with Crippen LogP contribution in [-0.4, -0.2) is 70.6 Å². The molecular weight excluding hydrogens is 468 g/mol. The first-order valence-corrected chi connectivity index (χ1v) is 11.5. The fourth-order valence-electron chi connectivity index (χ4n) is 4.08. The number of amides is 2. The number of nitrogens with zero attached hydrogens (tertiary/aromatic N) is 4. The minimum atomic E-state index is -1.02. The van der Waals surface area contributed by atoms with Crippen molar-refractivity contribution in [3.8, 4) is 11.6 Å². The van der Waals surface area contributed by atoms with Crippen molar-refractivity contribution in [1.82, 2.24) is 20.4 Å². The smallest absolute Gasteiger partial charge is 0.275 e. The Morgan fingerprint density at radius 1 is 1.20 bits per heavy atom. The lowest BCUT2D eigenvalue weighted by atomic mass is 9.87. The van der Waals surface area contributed by atoms with Crippen molar-refractivity contribution in [1.29, 1.82) is 0 Å². The summed E-state index contributed by atoms with van der Waals surface area (Å²) in [6.07, 6.45) is 6.29. The molecule has 0 radical (unpaired) electrons. The zero-order valence-corrected chi connectivity index (χ0v) is 20.2. The monoisotopic (exact) mass is 494 g/mol. The summed E-state index contributed by atoms with van der Waals surface area (Å²) < 4.78 is 10.2. The normalized spacial score (nSPS) is 21.3. The van der Waals surface area contributed by atoms with E-state index in [9.17, 15) is 9.59 Å². The van der Waals surface area contributed by atoms with Gasteiger partial charge in [0.05, 0.1) is 31.9 Å². The van der Waals surface area contributed by atoms with Crippen molar-refractivity contribution in [3.05, 3.63) is 54.1 Å². The molecule has 4 rings (SSSR count). The third-order valence-electron chi connectivity index (χ3n) is 6.02. The second-order valence-electron chi connectivity index (χ2n) is 8.11. The summed E-state index contributed by atoms with van der Waals surface area (Å²) >= 11 is 5.73. The zero-order valence-electron chi connectivity index (χ0n) is 19.4. The summed E-state index contributed by atoms with van der Waals surface area (Å²) in [5.74, 6) is 0.879. The third kappa shape index (κ3) is 5.36. The van der Waals surface area contributed by atoms with Crippen LogP contribution in [0.2, 0.25) is 0 Å². The molecular formula is C24H26N6O4S. The summed E-state index contributed by atoms with van der Waals surface area (Å²) in [6.45, 7) is 0.327. The van der Waals surface area contributed by atoms with Gasteiger partial charge in [-0.1, -0.05) is 24.4 Å². The maximum absolute atomic E-state index is 13.1. The molecule has 2 aliphatic rings. The van der Waals surface area contributed by atoms with Gasteiger partial charge in [0.2, 0.25) is 11.8 Å². The first kappa shape index (κ1) is 24.4. The number of nitrogens with one attached hydrogen (secondary N) is 2. The van der Waals surface area contributed by atoms with Crippen molar-refractivity contribution in [2.45, 2.75) is 30.8 Å². The van der Waals surface area contributed by atoms with Crippen LogP contribution in [0.3, 0.4) is 0 Å². The second-order valence-corrected chi connectivity index (χ2v) is 8.53. The summed E-state index contributed by atoms with van der Waals surface area (Å²) in [6, 6.07) is 10.5. The Hall–Kier alpha value is -3.70. The molecule has 2 N–H and O–H groups in total. The summed E-state index contributed by atoms with van der Waals surface area (Å²) in [4.78, 5) is 32.1. The number of benzene rings is 1. The standard InChI is InChI=1S/C24H26N6O4S/c1-33-17-6-4-16(5-7-17)10-12-24(11-3-13-25-23(24)32)30-15-26-18(22(30)35)14-20(31)27-19-8-9-21(34-2)29-28-19/h3-9,11,13,18,26H,10,12,14-15H2,1-2H3,(H,27,28,31). The molecule has 1 aromatic heterocycles. The Kier molecular flexibility index (Phi) is 7.47. The van der Waals surface area contributed by atoms with Crippen LogP contribution >= 0.6 is 12.2 Å². The van der Waals surface area contributed by atoms with E-state index in [-0.39, 0.29) is 18.2 Å². The van der Waals surface area contributed by atoms with Crippen molar-refractivity contribution in [2.75, 3.05) is 26.2 Å². The minimum absolute atomic E-state index is 0.0821. The minimum Gasteiger partial charge on any atom is -0.497 e.